The number of halogens is 2. The van der Waals surface area contributed by atoms with Crippen LogP contribution in [0.15, 0.2) is 66.9 Å². The van der Waals surface area contributed by atoms with Crippen molar-refractivity contribution in [3.63, 3.8) is 0 Å². The largest absolute Gasteiger partial charge is 0.370 e. The van der Waals surface area contributed by atoms with Crippen molar-refractivity contribution in [2.75, 3.05) is 17.2 Å². The minimum Gasteiger partial charge on any atom is -0.370 e. The number of anilines is 2. The first-order valence-corrected chi connectivity index (χ1v) is 8.57. The lowest BCUT2D eigenvalue weighted by Gasteiger charge is -2.08. The van der Waals surface area contributed by atoms with Gasteiger partial charge in [0.05, 0.1) is 18.3 Å². The summed E-state index contributed by atoms with van der Waals surface area (Å²) in [6.07, 6.45) is 2.40. The van der Waals surface area contributed by atoms with Crippen LogP contribution in [0.3, 0.4) is 0 Å². The van der Waals surface area contributed by atoms with E-state index in [1.807, 2.05) is 0 Å². The second kappa shape index (κ2) is 8.89. The van der Waals surface area contributed by atoms with Crippen molar-refractivity contribution in [2.24, 2.45) is 0 Å². The molecular weight excluding hydrogens is 348 g/mol. The third-order valence-corrected chi connectivity index (χ3v) is 3.93. The zero-order chi connectivity index (χ0) is 19.1. The van der Waals surface area contributed by atoms with E-state index < -0.39 is 0 Å². The van der Waals surface area contributed by atoms with Crippen molar-refractivity contribution in [2.45, 2.75) is 12.8 Å². The molecule has 3 rings (SSSR count). The fourth-order valence-electron chi connectivity index (χ4n) is 2.60. The van der Waals surface area contributed by atoms with Crippen molar-refractivity contribution in [3.05, 3.63) is 89.6 Å². The van der Waals surface area contributed by atoms with Crippen LogP contribution in [0.1, 0.15) is 11.1 Å². The number of rotatable bonds is 7. The van der Waals surface area contributed by atoms with Crippen LogP contribution in [0.25, 0.3) is 0 Å². The molecule has 2 aromatic carbocycles. The lowest BCUT2D eigenvalue weighted by Crippen LogP contribution is -2.15. The number of carbonyl (C=O) groups is 1. The molecule has 27 heavy (non-hydrogen) atoms. The maximum Gasteiger partial charge on any atom is 0.228 e. The highest BCUT2D eigenvalue weighted by Gasteiger charge is 2.05. The van der Waals surface area contributed by atoms with Crippen LogP contribution in [0.4, 0.5) is 20.3 Å². The number of hydrogen-bond donors (Lipinski definition) is 2. The first-order valence-electron chi connectivity index (χ1n) is 8.57. The van der Waals surface area contributed by atoms with Crippen LogP contribution in [-0.4, -0.2) is 17.4 Å². The third-order valence-electron chi connectivity index (χ3n) is 3.93. The molecule has 0 fully saturated rings. The Morgan fingerprint density at radius 2 is 1.74 bits per heavy atom. The molecule has 3 aromatic rings. The van der Waals surface area contributed by atoms with Crippen molar-refractivity contribution < 1.29 is 13.6 Å². The first kappa shape index (κ1) is 18.5. The molecule has 0 saturated carbocycles. The highest BCUT2D eigenvalue weighted by atomic mass is 19.1. The Morgan fingerprint density at radius 1 is 0.926 bits per heavy atom. The number of nitrogens with zero attached hydrogens (tertiary/aromatic N) is 1. The summed E-state index contributed by atoms with van der Waals surface area (Å²) >= 11 is 0. The summed E-state index contributed by atoms with van der Waals surface area (Å²) in [5, 5.41) is 5.91. The Kier molecular flexibility index (Phi) is 6.10. The summed E-state index contributed by atoms with van der Waals surface area (Å²) in [7, 11) is 0. The Labute approximate surface area is 156 Å². The topological polar surface area (TPSA) is 54.0 Å². The van der Waals surface area contributed by atoms with Gasteiger partial charge in [0.2, 0.25) is 5.91 Å². The van der Waals surface area contributed by atoms with Gasteiger partial charge in [-0.1, -0.05) is 24.3 Å². The highest BCUT2D eigenvalue weighted by molar-refractivity contribution is 5.92. The van der Waals surface area contributed by atoms with Gasteiger partial charge in [0, 0.05) is 6.54 Å². The lowest BCUT2D eigenvalue weighted by atomic mass is 10.1. The normalized spacial score (nSPS) is 10.4. The summed E-state index contributed by atoms with van der Waals surface area (Å²) in [5.41, 5.74) is 2.21. The molecule has 0 atom stereocenters. The van der Waals surface area contributed by atoms with Crippen LogP contribution in [0.2, 0.25) is 0 Å². The van der Waals surface area contributed by atoms with E-state index in [0.29, 0.717) is 23.6 Å². The van der Waals surface area contributed by atoms with Gasteiger partial charge >= 0.3 is 0 Å². The molecule has 138 valence electrons. The highest BCUT2D eigenvalue weighted by Crippen LogP contribution is 2.12. The van der Waals surface area contributed by atoms with Crippen LogP contribution < -0.4 is 10.6 Å². The number of benzene rings is 2. The van der Waals surface area contributed by atoms with Gasteiger partial charge in [-0.25, -0.2) is 13.8 Å². The summed E-state index contributed by atoms with van der Waals surface area (Å²) in [5.74, 6) is -0.166. The molecule has 4 nitrogen and oxygen atoms in total. The standard InChI is InChI=1S/C21H19F2N3O/c22-17-6-4-15(5-7-17)10-11-24-20-9-8-19(14-25-20)26-21(27)13-16-2-1-3-18(23)12-16/h1-9,12,14H,10-11,13H2,(H,24,25)(H,26,27). The molecular formula is C21H19F2N3O. The molecule has 1 heterocycles. The van der Waals surface area contributed by atoms with Gasteiger partial charge in [-0.15, -0.1) is 0 Å². The summed E-state index contributed by atoms with van der Waals surface area (Å²) in [4.78, 5) is 16.3. The average molecular weight is 367 g/mol. The lowest BCUT2D eigenvalue weighted by molar-refractivity contribution is -0.115. The number of pyridine rings is 1. The van der Waals surface area contributed by atoms with Gasteiger partial charge in [0.1, 0.15) is 17.5 Å². The molecule has 0 unspecified atom stereocenters. The third kappa shape index (κ3) is 5.88. The summed E-state index contributed by atoms with van der Waals surface area (Å²) in [6.45, 7) is 0.657. The van der Waals surface area contributed by atoms with E-state index in [0.717, 1.165) is 12.0 Å². The van der Waals surface area contributed by atoms with E-state index in [1.54, 1.807) is 42.6 Å². The maximum atomic E-state index is 13.2. The van der Waals surface area contributed by atoms with Crippen molar-refractivity contribution in [1.29, 1.82) is 0 Å². The zero-order valence-corrected chi connectivity index (χ0v) is 14.6. The predicted octanol–water partition coefficient (Wildman–Crippen LogP) is 4.20. The van der Waals surface area contributed by atoms with Crippen LogP contribution in [0, 0.1) is 11.6 Å². The fraction of sp³-hybridized carbons (Fsp3) is 0.143. The van der Waals surface area contributed by atoms with Gasteiger partial charge in [0.15, 0.2) is 0 Å². The number of nitrogens with one attached hydrogen (secondary N) is 2. The van der Waals surface area contributed by atoms with Crippen LogP contribution >= 0.6 is 0 Å². The second-order valence-electron chi connectivity index (χ2n) is 6.09. The number of hydrogen-bond acceptors (Lipinski definition) is 3. The molecule has 0 radical (unpaired) electrons. The molecule has 0 spiro atoms. The Balaban J connectivity index is 1.46. The van der Waals surface area contributed by atoms with Crippen LogP contribution in [0.5, 0.6) is 0 Å². The van der Waals surface area contributed by atoms with Gasteiger partial charge in [-0.2, -0.15) is 0 Å². The fourth-order valence-corrected chi connectivity index (χ4v) is 2.60. The second-order valence-corrected chi connectivity index (χ2v) is 6.09. The quantitative estimate of drug-likeness (QED) is 0.658. The minimum atomic E-state index is -0.363. The Morgan fingerprint density at radius 3 is 2.44 bits per heavy atom. The van der Waals surface area contributed by atoms with Gasteiger partial charge in [-0.3, -0.25) is 4.79 Å². The van der Waals surface area contributed by atoms with Gasteiger partial charge in [-0.05, 0) is 53.9 Å². The molecule has 2 N–H and O–H groups in total. The smallest absolute Gasteiger partial charge is 0.228 e. The zero-order valence-electron chi connectivity index (χ0n) is 14.6. The molecule has 0 bridgehead atoms. The number of aromatic nitrogens is 1. The van der Waals surface area contributed by atoms with Gasteiger partial charge < -0.3 is 10.6 Å². The van der Waals surface area contributed by atoms with E-state index in [-0.39, 0.29) is 24.0 Å². The predicted molar refractivity (Wildman–Crippen MR) is 102 cm³/mol. The van der Waals surface area contributed by atoms with E-state index in [2.05, 4.69) is 15.6 Å². The molecule has 0 aliphatic rings. The molecule has 1 aromatic heterocycles. The first-order chi connectivity index (χ1) is 13.1. The molecule has 0 saturated heterocycles. The monoisotopic (exact) mass is 367 g/mol. The van der Waals surface area contributed by atoms with Crippen molar-refractivity contribution in [1.82, 2.24) is 4.98 Å². The molecule has 0 aliphatic heterocycles. The summed E-state index contributed by atoms with van der Waals surface area (Å²) < 4.78 is 26.0. The number of amides is 1. The average Bonchev–Trinajstić information content (AvgIpc) is 2.65. The van der Waals surface area contributed by atoms with E-state index in [9.17, 15) is 13.6 Å². The molecule has 6 heteroatoms. The van der Waals surface area contributed by atoms with Crippen molar-refractivity contribution in [3.8, 4) is 0 Å². The Bertz CT molecular complexity index is 896. The molecule has 0 aliphatic carbocycles. The Hall–Kier alpha value is -3.28. The SMILES string of the molecule is O=C(Cc1cccc(F)c1)Nc1ccc(NCCc2ccc(F)cc2)nc1. The number of carbonyl (C=O) groups excluding carboxylic acids is 1. The van der Waals surface area contributed by atoms with Crippen LogP contribution in [-0.2, 0) is 17.6 Å². The van der Waals surface area contributed by atoms with E-state index in [1.165, 1.54) is 24.3 Å². The summed E-state index contributed by atoms with van der Waals surface area (Å²) in [6, 6.07) is 15.9. The van der Waals surface area contributed by atoms with Gasteiger partial charge in [0.25, 0.3) is 0 Å². The molecule has 1 amide bonds. The maximum absolute atomic E-state index is 13.2. The van der Waals surface area contributed by atoms with E-state index >= 15 is 0 Å². The minimum absolute atomic E-state index is 0.0927. The van der Waals surface area contributed by atoms with Crippen molar-refractivity contribution >= 4 is 17.4 Å². The van der Waals surface area contributed by atoms with E-state index in [4.69, 9.17) is 0 Å².